The molecule has 0 aromatic carbocycles. The molecule has 0 unspecified atom stereocenters. The monoisotopic (exact) mass is 332 g/mol. The van der Waals surface area contributed by atoms with E-state index in [1.807, 2.05) is 0 Å². The molecular formula is C24H44. The molecule has 0 bridgehead atoms. The van der Waals surface area contributed by atoms with E-state index in [9.17, 15) is 0 Å². The fourth-order valence-corrected chi connectivity index (χ4v) is 3.70. The first-order valence-corrected chi connectivity index (χ1v) is 11.3. The third-order valence-corrected chi connectivity index (χ3v) is 5.37. The molecule has 0 N–H and O–H groups in total. The van der Waals surface area contributed by atoms with E-state index in [1.54, 1.807) is 0 Å². The average molecular weight is 333 g/mol. The van der Waals surface area contributed by atoms with Gasteiger partial charge in [-0.05, 0) is 25.7 Å². The van der Waals surface area contributed by atoms with Crippen molar-refractivity contribution in [3.63, 3.8) is 0 Å². The van der Waals surface area contributed by atoms with E-state index in [0.717, 1.165) is 0 Å². The van der Waals surface area contributed by atoms with Crippen molar-refractivity contribution in [1.29, 1.82) is 0 Å². The topological polar surface area (TPSA) is 0 Å². The first-order valence-electron chi connectivity index (χ1n) is 11.3. The van der Waals surface area contributed by atoms with Crippen molar-refractivity contribution in [2.75, 3.05) is 0 Å². The largest absolute Gasteiger partial charge is 0.0845 e. The molecule has 0 heterocycles. The summed E-state index contributed by atoms with van der Waals surface area (Å²) in [5.74, 6) is 0. The zero-order chi connectivity index (χ0) is 17.0. The Morgan fingerprint density at radius 2 is 0.458 bits per heavy atom. The molecule has 0 aliphatic heterocycles. The van der Waals surface area contributed by atoms with Gasteiger partial charge in [-0.3, -0.25) is 0 Å². The molecule has 0 aromatic rings. The van der Waals surface area contributed by atoms with Gasteiger partial charge in [-0.15, -0.1) is 0 Å². The summed E-state index contributed by atoms with van der Waals surface area (Å²) in [6, 6.07) is 0. The van der Waals surface area contributed by atoms with Crippen molar-refractivity contribution in [3.05, 3.63) is 24.3 Å². The summed E-state index contributed by atoms with van der Waals surface area (Å²) in [5, 5.41) is 0. The Balaban J connectivity index is 2.09. The van der Waals surface area contributed by atoms with E-state index in [2.05, 4.69) is 24.3 Å². The standard InChI is InChI=1S/C24H44/c1-2-4-6-8-10-12-14-16-18-20-22-24-23-21-19-17-15-13-11-9-7-5-3-1/h1-4H,5-24H2/b3-1-,4-2?. The van der Waals surface area contributed by atoms with Crippen molar-refractivity contribution >= 4 is 0 Å². The molecule has 0 saturated heterocycles. The van der Waals surface area contributed by atoms with Gasteiger partial charge in [-0.1, -0.05) is 127 Å². The van der Waals surface area contributed by atoms with Crippen molar-refractivity contribution in [2.24, 2.45) is 0 Å². The molecule has 0 amide bonds. The van der Waals surface area contributed by atoms with Gasteiger partial charge in [0.2, 0.25) is 0 Å². The van der Waals surface area contributed by atoms with Gasteiger partial charge in [0.25, 0.3) is 0 Å². The number of rotatable bonds is 0. The third kappa shape index (κ3) is 16.3. The van der Waals surface area contributed by atoms with Crippen molar-refractivity contribution < 1.29 is 0 Å². The second-order valence-corrected chi connectivity index (χ2v) is 7.80. The highest BCUT2D eigenvalue weighted by atomic mass is 14.0. The Bertz CT molecular complexity index is 256. The normalized spacial score (nSPS) is 24.0. The lowest BCUT2D eigenvalue weighted by Crippen LogP contribution is -1.84. The molecule has 0 radical (unpaired) electrons. The fourth-order valence-electron chi connectivity index (χ4n) is 3.70. The van der Waals surface area contributed by atoms with E-state index in [0.29, 0.717) is 0 Å². The van der Waals surface area contributed by atoms with E-state index in [-0.39, 0.29) is 0 Å². The first kappa shape index (κ1) is 21.5. The van der Waals surface area contributed by atoms with E-state index in [1.165, 1.54) is 128 Å². The van der Waals surface area contributed by atoms with Crippen molar-refractivity contribution in [2.45, 2.75) is 128 Å². The van der Waals surface area contributed by atoms with Gasteiger partial charge in [0.05, 0.1) is 0 Å². The Morgan fingerprint density at radius 3 is 0.708 bits per heavy atom. The van der Waals surface area contributed by atoms with Gasteiger partial charge in [0.1, 0.15) is 0 Å². The molecular weight excluding hydrogens is 288 g/mol. The van der Waals surface area contributed by atoms with Gasteiger partial charge in [0, 0.05) is 0 Å². The second kappa shape index (κ2) is 18.8. The smallest absolute Gasteiger partial charge is 0.0348 e. The predicted octanol–water partition coefficient (Wildman–Crippen LogP) is 8.91. The highest BCUT2D eigenvalue weighted by molar-refractivity contribution is 5.02. The van der Waals surface area contributed by atoms with Crippen LogP contribution in [0.15, 0.2) is 24.3 Å². The lowest BCUT2D eigenvalue weighted by molar-refractivity contribution is 0.524. The van der Waals surface area contributed by atoms with Crippen LogP contribution in [0.4, 0.5) is 0 Å². The van der Waals surface area contributed by atoms with Crippen LogP contribution in [-0.4, -0.2) is 0 Å². The van der Waals surface area contributed by atoms with Crippen LogP contribution in [0.5, 0.6) is 0 Å². The molecule has 1 aliphatic rings. The predicted molar refractivity (Wildman–Crippen MR) is 111 cm³/mol. The number of hydrogen-bond acceptors (Lipinski definition) is 0. The fraction of sp³-hybridized carbons (Fsp3) is 0.833. The molecule has 0 atom stereocenters. The molecule has 0 spiro atoms. The average Bonchev–Trinajstić information content (AvgIpc) is 2.59. The van der Waals surface area contributed by atoms with E-state index in [4.69, 9.17) is 0 Å². The molecule has 0 heteroatoms. The molecule has 0 nitrogen and oxygen atoms in total. The van der Waals surface area contributed by atoms with E-state index >= 15 is 0 Å². The Morgan fingerprint density at radius 1 is 0.250 bits per heavy atom. The summed E-state index contributed by atoms with van der Waals surface area (Å²) in [6.07, 6.45) is 38.0. The molecule has 1 aliphatic carbocycles. The Labute approximate surface area is 153 Å². The minimum absolute atomic E-state index is 1.27. The molecule has 0 fully saturated rings. The first-order chi connectivity index (χ1) is 12.0. The van der Waals surface area contributed by atoms with Gasteiger partial charge in [-0.2, -0.15) is 0 Å². The number of hydrogen-bond donors (Lipinski definition) is 0. The van der Waals surface area contributed by atoms with Crippen LogP contribution in [0.25, 0.3) is 0 Å². The highest BCUT2D eigenvalue weighted by Crippen LogP contribution is 2.15. The summed E-state index contributed by atoms with van der Waals surface area (Å²) in [5.41, 5.74) is 0. The minimum Gasteiger partial charge on any atom is -0.0845 e. The van der Waals surface area contributed by atoms with E-state index < -0.39 is 0 Å². The molecule has 140 valence electrons. The molecule has 0 aromatic heterocycles. The summed E-state index contributed by atoms with van der Waals surface area (Å²) < 4.78 is 0. The SMILES string of the molecule is C1=CCCCCCCCCCCCCCCCCCCCC/C=C\1. The maximum Gasteiger partial charge on any atom is -0.0348 e. The summed E-state index contributed by atoms with van der Waals surface area (Å²) >= 11 is 0. The molecule has 24 heavy (non-hydrogen) atoms. The summed E-state index contributed by atoms with van der Waals surface area (Å²) in [6.45, 7) is 0. The van der Waals surface area contributed by atoms with Crippen LogP contribution in [0.3, 0.4) is 0 Å². The van der Waals surface area contributed by atoms with Crippen LogP contribution >= 0.6 is 0 Å². The minimum atomic E-state index is 1.27. The molecule has 0 saturated carbocycles. The van der Waals surface area contributed by atoms with Gasteiger partial charge < -0.3 is 0 Å². The lowest BCUT2D eigenvalue weighted by Gasteiger charge is -2.04. The van der Waals surface area contributed by atoms with Crippen LogP contribution in [-0.2, 0) is 0 Å². The van der Waals surface area contributed by atoms with Crippen LogP contribution in [0, 0.1) is 0 Å². The van der Waals surface area contributed by atoms with Crippen LogP contribution in [0.1, 0.15) is 128 Å². The van der Waals surface area contributed by atoms with Gasteiger partial charge in [-0.25, -0.2) is 0 Å². The van der Waals surface area contributed by atoms with Gasteiger partial charge >= 0.3 is 0 Å². The van der Waals surface area contributed by atoms with Crippen LogP contribution in [0.2, 0.25) is 0 Å². The Hall–Kier alpha value is -0.520. The summed E-state index contributed by atoms with van der Waals surface area (Å²) in [7, 11) is 0. The Kier molecular flexibility index (Phi) is 16.9. The van der Waals surface area contributed by atoms with Crippen molar-refractivity contribution in [1.82, 2.24) is 0 Å². The number of allylic oxidation sites excluding steroid dienone is 4. The highest BCUT2D eigenvalue weighted by Gasteiger charge is 1.95. The lowest BCUT2D eigenvalue weighted by atomic mass is 10.0. The molecule has 1 rings (SSSR count). The van der Waals surface area contributed by atoms with Crippen molar-refractivity contribution in [3.8, 4) is 0 Å². The zero-order valence-electron chi connectivity index (χ0n) is 16.5. The van der Waals surface area contributed by atoms with Crippen LogP contribution < -0.4 is 0 Å². The summed E-state index contributed by atoms with van der Waals surface area (Å²) in [4.78, 5) is 0. The maximum atomic E-state index is 2.36. The zero-order valence-corrected chi connectivity index (χ0v) is 16.5. The van der Waals surface area contributed by atoms with Gasteiger partial charge in [0.15, 0.2) is 0 Å². The second-order valence-electron chi connectivity index (χ2n) is 7.80. The quantitative estimate of drug-likeness (QED) is 0.415. The third-order valence-electron chi connectivity index (χ3n) is 5.37. The maximum absolute atomic E-state index is 2.36.